The van der Waals surface area contributed by atoms with Crippen molar-refractivity contribution in [3.05, 3.63) is 0 Å². The molecule has 0 aliphatic carbocycles. The van der Waals surface area contributed by atoms with Gasteiger partial charge >= 0.3 is 5.97 Å². The van der Waals surface area contributed by atoms with Crippen molar-refractivity contribution in [1.82, 2.24) is 0 Å². The standard InChI is InChI=1S/C7H13NO.C2H5NO2/c1-2-3-4-5-6-8-7-9;3-1-2(4)5/h2-6H2,1H3;1,3H2,(H,4,5). The van der Waals surface area contributed by atoms with Crippen LogP contribution in [0, 0.1) is 0 Å². The quantitative estimate of drug-likeness (QED) is 0.380. The zero-order valence-corrected chi connectivity index (χ0v) is 8.53. The number of unbranched alkanes of at least 4 members (excludes halogenated alkanes) is 3. The van der Waals surface area contributed by atoms with Crippen LogP contribution in [0.25, 0.3) is 0 Å². The summed E-state index contributed by atoms with van der Waals surface area (Å²) in [5.74, 6) is -0.968. The van der Waals surface area contributed by atoms with E-state index in [4.69, 9.17) is 5.11 Å². The van der Waals surface area contributed by atoms with Crippen LogP contribution in [0.1, 0.15) is 32.6 Å². The number of nitrogens with two attached hydrogens (primary N) is 1. The van der Waals surface area contributed by atoms with Crippen molar-refractivity contribution in [3.63, 3.8) is 0 Å². The molecule has 0 heterocycles. The SMILES string of the molecule is CCCCCCN=C=O.NCC(=O)O. The molecule has 0 aliphatic heterocycles. The molecule has 0 spiro atoms. The number of nitrogens with zero attached hydrogens (tertiary/aromatic N) is 1. The van der Waals surface area contributed by atoms with Crippen LogP contribution in [-0.4, -0.2) is 30.2 Å². The molecule has 0 rings (SSSR count). The van der Waals surface area contributed by atoms with Gasteiger partial charge in [0, 0.05) is 0 Å². The fourth-order valence-corrected chi connectivity index (χ4v) is 0.663. The highest BCUT2D eigenvalue weighted by Crippen LogP contribution is 1.97. The van der Waals surface area contributed by atoms with E-state index >= 15 is 0 Å². The Morgan fingerprint density at radius 1 is 1.43 bits per heavy atom. The monoisotopic (exact) mass is 202 g/mol. The number of carboxylic acid groups (broad SMARTS) is 1. The van der Waals surface area contributed by atoms with Gasteiger partial charge in [-0.1, -0.05) is 26.2 Å². The Morgan fingerprint density at radius 2 is 2.00 bits per heavy atom. The van der Waals surface area contributed by atoms with Gasteiger partial charge in [-0.05, 0) is 6.42 Å². The Bertz CT molecular complexity index is 177. The second kappa shape index (κ2) is 14.3. The third-order valence-electron chi connectivity index (χ3n) is 1.36. The van der Waals surface area contributed by atoms with Crippen molar-refractivity contribution >= 4 is 12.0 Å². The Kier molecular flexibility index (Phi) is 15.7. The van der Waals surface area contributed by atoms with Gasteiger partial charge in [-0.15, -0.1) is 0 Å². The highest BCUT2D eigenvalue weighted by atomic mass is 16.4. The molecular formula is C9H18N2O3. The van der Waals surface area contributed by atoms with E-state index in [9.17, 15) is 9.59 Å². The molecule has 3 N–H and O–H groups in total. The Morgan fingerprint density at radius 3 is 2.36 bits per heavy atom. The minimum atomic E-state index is -0.968. The van der Waals surface area contributed by atoms with E-state index in [1.165, 1.54) is 25.3 Å². The van der Waals surface area contributed by atoms with Crippen LogP contribution < -0.4 is 5.73 Å². The molecule has 0 bridgehead atoms. The van der Waals surface area contributed by atoms with Gasteiger partial charge in [0.05, 0.1) is 13.1 Å². The molecule has 0 saturated carbocycles. The second-order valence-electron chi connectivity index (χ2n) is 2.63. The summed E-state index contributed by atoms with van der Waals surface area (Å²) in [4.78, 5) is 22.2. The number of hydrogen-bond acceptors (Lipinski definition) is 4. The predicted molar refractivity (Wildman–Crippen MR) is 53.8 cm³/mol. The molecule has 0 unspecified atom stereocenters. The van der Waals surface area contributed by atoms with Gasteiger partial charge < -0.3 is 10.8 Å². The Balaban J connectivity index is 0. The van der Waals surface area contributed by atoms with E-state index in [0.717, 1.165) is 6.42 Å². The smallest absolute Gasteiger partial charge is 0.317 e. The molecule has 0 amide bonds. The van der Waals surface area contributed by atoms with Crippen LogP contribution in [0.3, 0.4) is 0 Å². The molecule has 0 aromatic carbocycles. The predicted octanol–water partition coefficient (Wildman–Crippen LogP) is 0.932. The summed E-state index contributed by atoms with van der Waals surface area (Å²) in [7, 11) is 0. The highest BCUT2D eigenvalue weighted by Gasteiger charge is 1.83. The number of aliphatic imine (C=N–C) groups is 1. The van der Waals surface area contributed by atoms with Crippen LogP contribution in [0.15, 0.2) is 4.99 Å². The minimum absolute atomic E-state index is 0.278. The molecular weight excluding hydrogens is 184 g/mol. The van der Waals surface area contributed by atoms with Crippen molar-refractivity contribution in [1.29, 1.82) is 0 Å². The first-order valence-corrected chi connectivity index (χ1v) is 4.64. The van der Waals surface area contributed by atoms with Gasteiger partial charge in [-0.2, -0.15) is 0 Å². The maximum atomic E-state index is 9.55. The normalized spacial score (nSPS) is 8.14. The fourth-order valence-electron chi connectivity index (χ4n) is 0.663. The molecule has 5 nitrogen and oxygen atoms in total. The van der Waals surface area contributed by atoms with Crippen LogP contribution in [0.2, 0.25) is 0 Å². The number of carbonyl (C=O) groups is 1. The number of carbonyl (C=O) groups excluding carboxylic acids is 1. The number of isocyanates is 1. The largest absolute Gasteiger partial charge is 0.480 e. The zero-order valence-electron chi connectivity index (χ0n) is 8.53. The lowest BCUT2D eigenvalue weighted by Crippen LogP contribution is -2.10. The summed E-state index contributed by atoms with van der Waals surface area (Å²) in [5, 5.41) is 7.60. The van der Waals surface area contributed by atoms with E-state index in [-0.39, 0.29) is 6.54 Å². The van der Waals surface area contributed by atoms with Crippen LogP contribution in [0.5, 0.6) is 0 Å². The maximum absolute atomic E-state index is 9.55. The van der Waals surface area contributed by atoms with Crippen LogP contribution in [0.4, 0.5) is 0 Å². The molecule has 0 saturated heterocycles. The maximum Gasteiger partial charge on any atom is 0.317 e. The van der Waals surface area contributed by atoms with Crippen molar-refractivity contribution < 1.29 is 14.7 Å². The lowest BCUT2D eigenvalue weighted by Gasteiger charge is -1.90. The Hall–Kier alpha value is -1.19. The average Bonchev–Trinajstić information content (AvgIpc) is 2.19. The first kappa shape index (κ1) is 15.3. The molecule has 0 atom stereocenters. The minimum Gasteiger partial charge on any atom is -0.480 e. The summed E-state index contributed by atoms with van der Waals surface area (Å²) < 4.78 is 0. The summed E-state index contributed by atoms with van der Waals surface area (Å²) in [6.45, 7) is 2.53. The number of rotatable bonds is 6. The highest BCUT2D eigenvalue weighted by molar-refractivity contribution is 5.68. The summed E-state index contributed by atoms with van der Waals surface area (Å²) in [5.41, 5.74) is 4.57. The van der Waals surface area contributed by atoms with Crippen LogP contribution >= 0.6 is 0 Å². The second-order valence-corrected chi connectivity index (χ2v) is 2.63. The summed E-state index contributed by atoms with van der Waals surface area (Å²) in [6.07, 6.45) is 6.20. The van der Waals surface area contributed by atoms with Gasteiger partial charge in [0.25, 0.3) is 0 Å². The van der Waals surface area contributed by atoms with E-state index in [1.54, 1.807) is 0 Å². The van der Waals surface area contributed by atoms with Gasteiger partial charge in [0.1, 0.15) is 0 Å². The third kappa shape index (κ3) is 22.4. The number of carboxylic acids is 1. The number of hydrogen-bond donors (Lipinski definition) is 2. The van der Waals surface area contributed by atoms with Gasteiger partial charge in [-0.25, -0.2) is 9.79 Å². The molecule has 5 heteroatoms. The van der Waals surface area contributed by atoms with Gasteiger partial charge in [0.15, 0.2) is 0 Å². The lowest BCUT2D eigenvalue weighted by atomic mass is 10.2. The Labute approximate surface area is 84.0 Å². The van der Waals surface area contributed by atoms with E-state index < -0.39 is 5.97 Å². The summed E-state index contributed by atoms with van der Waals surface area (Å²) in [6, 6.07) is 0. The van der Waals surface area contributed by atoms with Crippen molar-refractivity contribution in [2.75, 3.05) is 13.1 Å². The zero-order chi connectivity index (χ0) is 11.2. The summed E-state index contributed by atoms with van der Waals surface area (Å²) >= 11 is 0. The molecule has 0 fully saturated rings. The molecule has 82 valence electrons. The molecule has 0 aromatic rings. The molecule has 0 aromatic heterocycles. The van der Waals surface area contributed by atoms with Gasteiger partial charge in [0.2, 0.25) is 6.08 Å². The molecule has 14 heavy (non-hydrogen) atoms. The fraction of sp³-hybridized carbons (Fsp3) is 0.778. The van der Waals surface area contributed by atoms with E-state index in [2.05, 4.69) is 17.6 Å². The number of aliphatic carboxylic acids is 1. The molecule has 0 radical (unpaired) electrons. The van der Waals surface area contributed by atoms with Crippen LogP contribution in [-0.2, 0) is 9.59 Å². The topological polar surface area (TPSA) is 92.8 Å². The average molecular weight is 202 g/mol. The van der Waals surface area contributed by atoms with Crippen molar-refractivity contribution in [2.24, 2.45) is 10.7 Å². The lowest BCUT2D eigenvalue weighted by molar-refractivity contribution is -0.135. The molecule has 0 aliphatic rings. The third-order valence-corrected chi connectivity index (χ3v) is 1.36. The van der Waals surface area contributed by atoms with E-state index in [1.807, 2.05) is 0 Å². The first-order valence-electron chi connectivity index (χ1n) is 4.64. The van der Waals surface area contributed by atoms with Gasteiger partial charge in [-0.3, -0.25) is 4.79 Å². The van der Waals surface area contributed by atoms with E-state index in [0.29, 0.717) is 6.54 Å². The van der Waals surface area contributed by atoms with Crippen molar-refractivity contribution in [3.8, 4) is 0 Å². The first-order chi connectivity index (χ1) is 6.68. The van der Waals surface area contributed by atoms with Crippen molar-refractivity contribution in [2.45, 2.75) is 32.6 Å².